The quantitative estimate of drug-likeness (QED) is 0.677. The lowest BCUT2D eigenvalue weighted by atomic mass is 9.93. The Kier molecular flexibility index (Phi) is 1.62. The first-order valence-corrected chi connectivity index (χ1v) is 4.29. The summed E-state index contributed by atoms with van der Waals surface area (Å²) in [6.45, 7) is -0.752. The van der Waals surface area contributed by atoms with Crippen LogP contribution in [0.15, 0.2) is 0 Å². The van der Waals surface area contributed by atoms with Gasteiger partial charge in [-0.25, -0.2) is 13.6 Å². The zero-order chi connectivity index (χ0) is 10.6. The highest BCUT2D eigenvalue weighted by Crippen LogP contribution is 2.46. The topological polar surface area (TPSA) is 57.6 Å². The molecule has 1 unspecified atom stereocenters. The SMILES string of the molecule is O=C1CCC2(C(=O)O)CC(F)(F)CN12. The summed E-state index contributed by atoms with van der Waals surface area (Å²) in [5.74, 6) is -4.86. The zero-order valence-corrected chi connectivity index (χ0v) is 7.30. The van der Waals surface area contributed by atoms with E-state index in [-0.39, 0.29) is 12.8 Å². The van der Waals surface area contributed by atoms with E-state index in [1.807, 2.05) is 0 Å². The maximum absolute atomic E-state index is 13.0. The Morgan fingerprint density at radius 3 is 2.64 bits per heavy atom. The number of hydrogen-bond acceptors (Lipinski definition) is 2. The van der Waals surface area contributed by atoms with Crippen molar-refractivity contribution in [3.8, 4) is 0 Å². The number of aliphatic carboxylic acids is 1. The van der Waals surface area contributed by atoms with Crippen LogP contribution in [0.2, 0.25) is 0 Å². The molecule has 0 saturated carbocycles. The molecule has 0 spiro atoms. The van der Waals surface area contributed by atoms with E-state index in [1.165, 1.54) is 0 Å². The van der Waals surface area contributed by atoms with Crippen LogP contribution in [0.4, 0.5) is 8.78 Å². The molecular formula is C8H9F2NO3. The minimum absolute atomic E-state index is 0.00322. The lowest BCUT2D eigenvalue weighted by Gasteiger charge is -2.25. The number of hydrogen-bond donors (Lipinski definition) is 1. The number of nitrogens with zero attached hydrogens (tertiary/aromatic N) is 1. The maximum Gasteiger partial charge on any atom is 0.329 e. The van der Waals surface area contributed by atoms with Crippen molar-refractivity contribution in [1.29, 1.82) is 0 Å². The summed E-state index contributed by atoms with van der Waals surface area (Å²) in [5.41, 5.74) is -1.64. The van der Waals surface area contributed by atoms with Crippen molar-refractivity contribution >= 4 is 11.9 Å². The van der Waals surface area contributed by atoms with E-state index in [4.69, 9.17) is 5.11 Å². The van der Waals surface area contributed by atoms with Gasteiger partial charge in [0, 0.05) is 12.8 Å². The van der Waals surface area contributed by atoms with Gasteiger partial charge in [0.25, 0.3) is 5.92 Å². The Morgan fingerprint density at radius 2 is 2.14 bits per heavy atom. The van der Waals surface area contributed by atoms with Crippen LogP contribution in [0.25, 0.3) is 0 Å². The van der Waals surface area contributed by atoms with Crippen LogP contribution in [0.5, 0.6) is 0 Å². The second kappa shape index (κ2) is 2.43. The normalized spacial score (nSPS) is 34.7. The molecule has 2 aliphatic rings. The molecule has 0 radical (unpaired) electrons. The first-order valence-electron chi connectivity index (χ1n) is 4.29. The number of carboxylic acids is 1. The average Bonchev–Trinajstić information content (AvgIpc) is 2.47. The summed E-state index contributed by atoms with van der Waals surface area (Å²) >= 11 is 0. The number of halogens is 2. The number of carbonyl (C=O) groups excluding carboxylic acids is 1. The summed E-state index contributed by atoms with van der Waals surface area (Å²) in [7, 11) is 0. The van der Waals surface area contributed by atoms with Gasteiger partial charge in [-0.1, -0.05) is 0 Å². The van der Waals surface area contributed by atoms with Crippen molar-refractivity contribution in [2.75, 3.05) is 6.54 Å². The van der Waals surface area contributed by atoms with Crippen molar-refractivity contribution in [3.05, 3.63) is 0 Å². The Labute approximate surface area is 78.5 Å². The van der Waals surface area contributed by atoms with Crippen LogP contribution in [0.1, 0.15) is 19.3 Å². The Balaban J connectivity index is 2.39. The lowest BCUT2D eigenvalue weighted by Crippen LogP contribution is -2.47. The average molecular weight is 205 g/mol. The van der Waals surface area contributed by atoms with Gasteiger partial charge in [0.1, 0.15) is 5.54 Å². The van der Waals surface area contributed by atoms with E-state index in [0.717, 1.165) is 4.90 Å². The fourth-order valence-corrected chi connectivity index (χ4v) is 2.26. The molecule has 2 heterocycles. The highest BCUT2D eigenvalue weighted by atomic mass is 19.3. The Hall–Kier alpha value is -1.20. The van der Waals surface area contributed by atoms with E-state index >= 15 is 0 Å². The molecule has 0 aromatic carbocycles. The molecule has 2 fully saturated rings. The molecule has 1 amide bonds. The third-order valence-corrected chi connectivity index (χ3v) is 2.91. The molecule has 0 aromatic heterocycles. The van der Waals surface area contributed by atoms with Crippen LogP contribution in [-0.4, -0.2) is 39.9 Å². The monoisotopic (exact) mass is 205 g/mol. The number of rotatable bonds is 1. The van der Waals surface area contributed by atoms with Gasteiger partial charge >= 0.3 is 5.97 Å². The number of carboxylic acid groups (broad SMARTS) is 1. The maximum atomic E-state index is 13.0. The Bertz CT molecular complexity index is 318. The third kappa shape index (κ3) is 1.03. The van der Waals surface area contributed by atoms with Crippen molar-refractivity contribution in [2.45, 2.75) is 30.7 Å². The van der Waals surface area contributed by atoms with Gasteiger partial charge in [-0.2, -0.15) is 0 Å². The number of carbonyl (C=O) groups is 2. The van der Waals surface area contributed by atoms with Crippen LogP contribution in [0.3, 0.4) is 0 Å². The van der Waals surface area contributed by atoms with Crippen molar-refractivity contribution in [2.24, 2.45) is 0 Å². The second-order valence-electron chi connectivity index (χ2n) is 3.85. The molecule has 4 nitrogen and oxygen atoms in total. The summed E-state index contributed by atoms with van der Waals surface area (Å²) < 4.78 is 26.0. The summed E-state index contributed by atoms with van der Waals surface area (Å²) in [6, 6.07) is 0. The molecule has 0 aromatic rings. The van der Waals surface area contributed by atoms with Crippen molar-refractivity contribution in [3.63, 3.8) is 0 Å². The van der Waals surface area contributed by atoms with Crippen LogP contribution >= 0.6 is 0 Å². The molecule has 2 saturated heterocycles. The molecule has 1 N–H and O–H groups in total. The first-order chi connectivity index (χ1) is 6.37. The number of amides is 1. The van der Waals surface area contributed by atoms with Gasteiger partial charge in [-0.3, -0.25) is 4.79 Å². The molecule has 78 valence electrons. The van der Waals surface area contributed by atoms with Gasteiger partial charge in [-0.05, 0) is 6.42 Å². The largest absolute Gasteiger partial charge is 0.479 e. The van der Waals surface area contributed by atoms with E-state index in [0.29, 0.717) is 0 Å². The number of alkyl halides is 2. The summed E-state index contributed by atoms with van der Waals surface area (Å²) in [5, 5.41) is 8.90. The number of fused-ring (bicyclic) bond motifs is 1. The molecule has 2 aliphatic heterocycles. The molecule has 0 aliphatic carbocycles. The lowest BCUT2D eigenvalue weighted by molar-refractivity contribution is -0.151. The minimum Gasteiger partial charge on any atom is -0.479 e. The fourth-order valence-electron chi connectivity index (χ4n) is 2.26. The van der Waals surface area contributed by atoms with Gasteiger partial charge in [0.2, 0.25) is 5.91 Å². The predicted octanol–water partition coefficient (Wildman–Crippen LogP) is 0.471. The van der Waals surface area contributed by atoms with Gasteiger partial charge in [0.15, 0.2) is 0 Å². The summed E-state index contributed by atoms with van der Waals surface area (Å²) in [4.78, 5) is 22.9. The van der Waals surface area contributed by atoms with E-state index in [1.54, 1.807) is 0 Å². The van der Waals surface area contributed by atoms with Crippen LogP contribution in [-0.2, 0) is 9.59 Å². The highest BCUT2D eigenvalue weighted by molar-refractivity contribution is 5.91. The smallest absolute Gasteiger partial charge is 0.329 e. The molecule has 6 heteroatoms. The molecule has 0 bridgehead atoms. The molecule has 1 atom stereocenters. The second-order valence-corrected chi connectivity index (χ2v) is 3.85. The van der Waals surface area contributed by atoms with Crippen molar-refractivity contribution < 1.29 is 23.5 Å². The molecule has 14 heavy (non-hydrogen) atoms. The highest BCUT2D eigenvalue weighted by Gasteiger charge is 2.63. The first kappa shape index (κ1) is 9.36. The van der Waals surface area contributed by atoms with Gasteiger partial charge in [0.05, 0.1) is 6.54 Å². The Morgan fingerprint density at radius 1 is 1.50 bits per heavy atom. The molecular weight excluding hydrogens is 196 g/mol. The standard InChI is InChI=1S/C8H9F2NO3/c9-8(10)3-7(6(13)14)2-1-5(12)11(7)4-8/h1-4H2,(H,13,14). The summed E-state index contributed by atoms with van der Waals surface area (Å²) in [6.07, 6.45) is -0.694. The predicted molar refractivity (Wildman–Crippen MR) is 40.9 cm³/mol. The fraction of sp³-hybridized carbons (Fsp3) is 0.750. The third-order valence-electron chi connectivity index (χ3n) is 2.91. The van der Waals surface area contributed by atoms with Gasteiger partial charge < -0.3 is 10.0 Å². The van der Waals surface area contributed by atoms with E-state index < -0.39 is 36.3 Å². The van der Waals surface area contributed by atoms with Gasteiger partial charge in [-0.15, -0.1) is 0 Å². The van der Waals surface area contributed by atoms with Crippen LogP contribution in [0, 0.1) is 0 Å². The molecule has 2 rings (SSSR count). The van der Waals surface area contributed by atoms with E-state index in [9.17, 15) is 18.4 Å². The minimum atomic E-state index is -3.06. The van der Waals surface area contributed by atoms with E-state index in [2.05, 4.69) is 0 Å². The zero-order valence-electron chi connectivity index (χ0n) is 7.30. The van der Waals surface area contributed by atoms with Crippen molar-refractivity contribution in [1.82, 2.24) is 4.90 Å². The van der Waals surface area contributed by atoms with Crippen LogP contribution < -0.4 is 0 Å².